The molecule has 2 N–H and O–H groups in total. The van der Waals surface area contributed by atoms with Gasteiger partial charge in [0.2, 0.25) is 0 Å². The van der Waals surface area contributed by atoms with Gasteiger partial charge in [-0.15, -0.1) is 0 Å². The summed E-state index contributed by atoms with van der Waals surface area (Å²) in [4.78, 5) is 14.1. The van der Waals surface area contributed by atoms with Crippen LogP contribution < -0.4 is 5.73 Å². The Morgan fingerprint density at radius 3 is 2.67 bits per heavy atom. The van der Waals surface area contributed by atoms with Crippen LogP contribution in [0.25, 0.3) is 0 Å². The Morgan fingerprint density at radius 1 is 1.38 bits per heavy atom. The highest BCUT2D eigenvalue weighted by molar-refractivity contribution is 5.68. The molecule has 0 unspecified atom stereocenters. The van der Waals surface area contributed by atoms with Crippen LogP contribution in [0, 0.1) is 11.7 Å². The van der Waals surface area contributed by atoms with Crippen molar-refractivity contribution in [3.63, 3.8) is 0 Å². The van der Waals surface area contributed by atoms with E-state index in [2.05, 4.69) is 6.92 Å². The van der Waals surface area contributed by atoms with Crippen molar-refractivity contribution in [1.82, 2.24) is 4.90 Å². The van der Waals surface area contributed by atoms with Crippen molar-refractivity contribution in [3.05, 3.63) is 35.6 Å². The SMILES string of the molecule is CCC[C@H]1CN(C(=O)OC(C)(C)C)C[C@@H](N)[C@@H]1c1cccc(F)c1. The van der Waals surface area contributed by atoms with Gasteiger partial charge in [0.05, 0.1) is 0 Å². The second-order valence-corrected chi connectivity index (χ2v) is 7.68. The van der Waals surface area contributed by atoms with Gasteiger partial charge in [-0.05, 0) is 50.8 Å². The normalized spacial score (nSPS) is 24.8. The van der Waals surface area contributed by atoms with Gasteiger partial charge in [-0.25, -0.2) is 9.18 Å². The number of halogens is 1. The molecule has 1 aliphatic heterocycles. The van der Waals surface area contributed by atoms with Crippen molar-refractivity contribution in [2.75, 3.05) is 13.1 Å². The quantitative estimate of drug-likeness (QED) is 0.910. The van der Waals surface area contributed by atoms with Crippen molar-refractivity contribution in [2.24, 2.45) is 11.7 Å². The molecule has 24 heavy (non-hydrogen) atoms. The molecule has 1 heterocycles. The van der Waals surface area contributed by atoms with E-state index in [0.29, 0.717) is 13.1 Å². The maximum atomic E-state index is 13.6. The van der Waals surface area contributed by atoms with Gasteiger partial charge in [-0.3, -0.25) is 0 Å². The number of nitrogens with two attached hydrogens (primary N) is 1. The number of nitrogens with zero attached hydrogens (tertiary/aromatic N) is 1. The second-order valence-electron chi connectivity index (χ2n) is 7.68. The summed E-state index contributed by atoms with van der Waals surface area (Å²) in [7, 11) is 0. The molecule has 5 heteroatoms. The molecule has 0 bridgehead atoms. The summed E-state index contributed by atoms with van der Waals surface area (Å²) in [5.74, 6) is 0.0110. The summed E-state index contributed by atoms with van der Waals surface area (Å²) in [6.45, 7) is 8.70. The molecule has 0 aromatic heterocycles. The minimum atomic E-state index is -0.527. The molecule has 1 aromatic rings. The number of piperidine rings is 1. The third-order valence-electron chi connectivity index (χ3n) is 4.40. The Morgan fingerprint density at radius 2 is 2.08 bits per heavy atom. The van der Waals surface area contributed by atoms with Crippen LogP contribution in [0.2, 0.25) is 0 Å². The van der Waals surface area contributed by atoms with E-state index < -0.39 is 5.60 Å². The number of benzene rings is 1. The predicted molar refractivity (Wildman–Crippen MR) is 93.3 cm³/mol. The number of rotatable bonds is 3. The van der Waals surface area contributed by atoms with Gasteiger partial charge in [0.15, 0.2) is 0 Å². The first-order valence-corrected chi connectivity index (χ1v) is 8.70. The lowest BCUT2D eigenvalue weighted by molar-refractivity contribution is 0.0111. The van der Waals surface area contributed by atoms with Crippen molar-refractivity contribution in [1.29, 1.82) is 0 Å². The zero-order chi connectivity index (χ0) is 17.9. The summed E-state index contributed by atoms with van der Waals surface area (Å²) < 4.78 is 19.1. The molecule has 134 valence electrons. The third kappa shape index (κ3) is 4.69. The molecule has 0 spiro atoms. The van der Waals surface area contributed by atoms with E-state index in [4.69, 9.17) is 10.5 Å². The lowest BCUT2D eigenvalue weighted by Gasteiger charge is -2.43. The smallest absolute Gasteiger partial charge is 0.410 e. The number of likely N-dealkylation sites (tertiary alicyclic amines) is 1. The van der Waals surface area contributed by atoms with Gasteiger partial charge in [-0.1, -0.05) is 25.5 Å². The van der Waals surface area contributed by atoms with Crippen LogP contribution in [0.3, 0.4) is 0 Å². The van der Waals surface area contributed by atoms with E-state index in [1.807, 2.05) is 26.8 Å². The standard InChI is InChI=1S/C19H29FN2O2/c1-5-7-14-11-22(18(23)24-19(2,3)4)12-16(21)17(14)13-8-6-9-15(20)10-13/h6,8-10,14,16-17H,5,7,11-12,21H2,1-4H3/t14-,16+,17+/m0/s1. The van der Waals surface area contributed by atoms with Gasteiger partial charge >= 0.3 is 6.09 Å². The topological polar surface area (TPSA) is 55.6 Å². The lowest BCUT2D eigenvalue weighted by atomic mass is 9.75. The molecule has 0 saturated carbocycles. The maximum absolute atomic E-state index is 13.6. The van der Waals surface area contributed by atoms with Crippen LogP contribution in [-0.4, -0.2) is 35.7 Å². The number of hydrogen-bond donors (Lipinski definition) is 1. The van der Waals surface area contributed by atoms with Gasteiger partial charge in [0.1, 0.15) is 11.4 Å². The van der Waals surface area contributed by atoms with Gasteiger partial charge in [0, 0.05) is 25.0 Å². The molecule has 1 aliphatic rings. The minimum absolute atomic E-state index is 0.0549. The molecular weight excluding hydrogens is 307 g/mol. The minimum Gasteiger partial charge on any atom is -0.444 e. The summed E-state index contributed by atoms with van der Waals surface area (Å²) in [5.41, 5.74) is 6.80. The number of ether oxygens (including phenoxy) is 1. The fraction of sp³-hybridized carbons (Fsp3) is 0.632. The van der Waals surface area contributed by atoms with E-state index in [0.717, 1.165) is 18.4 Å². The summed E-state index contributed by atoms with van der Waals surface area (Å²) in [6.07, 6.45) is 1.61. The van der Waals surface area contributed by atoms with Crippen molar-refractivity contribution in [2.45, 2.75) is 58.1 Å². The van der Waals surface area contributed by atoms with E-state index in [9.17, 15) is 9.18 Å². The Hall–Kier alpha value is -1.62. The fourth-order valence-electron chi connectivity index (χ4n) is 3.54. The molecule has 1 fully saturated rings. The van der Waals surface area contributed by atoms with Crippen LogP contribution >= 0.6 is 0 Å². The number of carbonyl (C=O) groups is 1. The van der Waals surface area contributed by atoms with Gasteiger partial charge in [0.25, 0.3) is 0 Å². The van der Waals surface area contributed by atoms with Crippen LogP contribution in [0.4, 0.5) is 9.18 Å². The van der Waals surface area contributed by atoms with E-state index >= 15 is 0 Å². The summed E-state index contributed by atoms with van der Waals surface area (Å²) in [5, 5.41) is 0. The molecular formula is C19H29FN2O2. The molecule has 1 aromatic carbocycles. The first-order valence-electron chi connectivity index (χ1n) is 8.70. The van der Waals surface area contributed by atoms with Crippen molar-refractivity contribution in [3.8, 4) is 0 Å². The number of amides is 1. The lowest BCUT2D eigenvalue weighted by Crippen LogP contribution is -2.54. The molecule has 1 amide bonds. The second kappa shape index (κ2) is 7.51. The Balaban J connectivity index is 2.19. The van der Waals surface area contributed by atoms with Crippen LogP contribution in [0.15, 0.2) is 24.3 Å². The van der Waals surface area contributed by atoms with Crippen molar-refractivity contribution >= 4 is 6.09 Å². The van der Waals surface area contributed by atoms with Gasteiger partial charge < -0.3 is 15.4 Å². The molecule has 2 rings (SSSR count). The number of hydrogen-bond acceptors (Lipinski definition) is 3. The van der Waals surface area contributed by atoms with Crippen LogP contribution in [0.5, 0.6) is 0 Å². The average molecular weight is 336 g/mol. The monoisotopic (exact) mass is 336 g/mol. The molecule has 3 atom stereocenters. The highest BCUT2D eigenvalue weighted by Gasteiger charge is 2.38. The zero-order valence-corrected chi connectivity index (χ0v) is 15.1. The maximum Gasteiger partial charge on any atom is 0.410 e. The highest BCUT2D eigenvalue weighted by Crippen LogP contribution is 2.35. The Bertz CT molecular complexity index is 571. The van der Waals surface area contributed by atoms with Crippen LogP contribution in [-0.2, 0) is 4.74 Å². The summed E-state index contributed by atoms with van der Waals surface area (Å²) in [6, 6.07) is 6.43. The first kappa shape index (κ1) is 18.7. The predicted octanol–water partition coefficient (Wildman–Crippen LogP) is 3.90. The van der Waals surface area contributed by atoms with E-state index in [-0.39, 0.29) is 29.8 Å². The molecule has 0 aliphatic carbocycles. The Labute approximate surface area is 144 Å². The summed E-state index contributed by atoms with van der Waals surface area (Å²) >= 11 is 0. The molecule has 0 radical (unpaired) electrons. The zero-order valence-electron chi connectivity index (χ0n) is 15.1. The Kier molecular flexibility index (Phi) is 5.86. The largest absolute Gasteiger partial charge is 0.444 e. The van der Waals surface area contributed by atoms with E-state index in [1.54, 1.807) is 17.0 Å². The molecule has 1 saturated heterocycles. The first-order chi connectivity index (χ1) is 11.2. The van der Waals surface area contributed by atoms with E-state index in [1.165, 1.54) is 6.07 Å². The average Bonchev–Trinajstić information content (AvgIpc) is 2.45. The third-order valence-corrected chi connectivity index (χ3v) is 4.40. The fourth-order valence-corrected chi connectivity index (χ4v) is 3.54. The number of carbonyl (C=O) groups excluding carboxylic acids is 1. The highest BCUT2D eigenvalue weighted by atomic mass is 19.1. The molecule has 4 nitrogen and oxygen atoms in total. The van der Waals surface area contributed by atoms with Crippen molar-refractivity contribution < 1.29 is 13.9 Å². The van der Waals surface area contributed by atoms with Crippen LogP contribution in [0.1, 0.15) is 52.0 Å². The van der Waals surface area contributed by atoms with Gasteiger partial charge in [-0.2, -0.15) is 0 Å².